The molecule has 29 heavy (non-hydrogen) atoms. The zero-order valence-corrected chi connectivity index (χ0v) is 16.4. The molecule has 0 spiro atoms. The number of nitrogens with zero attached hydrogens (tertiary/aromatic N) is 1. The third kappa shape index (κ3) is 3.78. The lowest BCUT2D eigenvalue weighted by atomic mass is 10.0. The number of amides is 1. The van der Waals surface area contributed by atoms with Crippen molar-refractivity contribution in [2.75, 3.05) is 11.4 Å². The van der Waals surface area contributed by atoms with E-state index in [-0.39, 0.29) is 12.5 Å². The van der Waals surface area contributed by atoms with Gasteiger partial charge in [-0.1, -0.05) is 6.07 Å². The van der Waals surface area contributed by atoms with E-state index in [1.54, 1.807) is 29.2 Å². The van der Waals surface area contributed by atoms with Gasteiger partial charge in [0.2, 0.25) is 5.91 Å². The molecule has 1 aliphatic rings. The highest BCUT2D eigenvalue weighted by Crippen LogP contribution is 2.24. The van der Waals surface area contributed by atoms with Crippen LogP contribution in [-0.2, 0) is 16.1 Å². The predicted octanol–water partition coefficient (Wildman–Crippen LogP) is 3.89. The maximum atomic E-state index is 12.6. The van der Waals surface area contributed by atoms with Crippen LogP contribution in [-0.4, -0.2) is 18.4 Å². The number of hydrogen-bond acceptors (Lipinski definition) is 5. The summed E-state index contributed by atoms with van der Waals surface area (Å²) in [5, 5.41) is 0.747. The minimum atomic E-state index is -0.510. The molecule has 0 saturated carbocycles. The van der Waals surface area contributed by atoms with Gasteiger partial charge in [-0.15, -0.1) is 0 Å². The molecular formula is C23H21NO5. The van der Waals surface area contributed by atoms with Gasteiger partial charge in [0.15, 0.2) is 0 Å². The zero-order valence-electron chi connectivity index (χ0n) is 16.4. The quantitative estimate of drug-likeness (QED) is 0.498. The summed E-state index contributed by atoms with van der Waals surface area (Å²) in [6, 6.07) is 11.9. The van der Waals surface area contributed by atoms with Gasteiger partial charge in [0.1, 0.15) is 12.2 Å². The minimum Gasteiger partial charge on any atom is -0.457 e. The van der Waals surface area contributed by atoms with E-state index in [0.717, 1.165) is 22.9 Å². The fourth-order valence-electron chi connectivity index (χ4n) is 3.55. The standard InChI is InChI=1S/C23H21NO5/c1-14-9-19-17(12-22(26)29-20(19)10-15(14)2)13-28-23(27)16-5-3-6-18(11-16)24-8-4-7-21(24)25/h3,5-6,9-12H,4,7-8,13H2,1-2H3. The van der Waals surface area contributed by atoms with Crippen LogP contribution in [0.3, 0.4) is 0 Å². The Bertz CT molecular complexity index is 1180. The third-order valence-corrected chi connectivity index (χ3v) is 5.27. The molecule has 0 N–H and O–H groups in total. The van der Waals surface area contributed by atoms with E-state index in [2.05, 4.69) is 0 Å². The molecule has 2 aromatic carbocycles. The van der Waals surface area contributed by atoms with Crippen molar-refractivity contribution < 1.29 is 18.7 Å². The van der Waals surface area contributed by atoms with E-state index >= 15 is 0 Å². The highest BCUT2D eigenvalue weighted by molar-refractivity contribution is 5.97. The maximum absolute atomic E-state index is 12.6. The SMILES string of the molecule is Cc1cc2oc(=O)cc(COC(=O)c3cccc(N4CCCC4=O)c3)c2cc1C. The van der Waals surface area contributed by atoms with E-state index in [4.69, 9.17) is 9.15 Å². The summed E-state index contributed by atoms with van der Waals surface area (Å²) < 4.78 is 10.7. The monoisotopic (exact) mass is 391 g/mol. The molecule has 0 bridgehead atoms. The second-order valence-electron chi connectivity index (χ2n) is 7.30. The molecule has 6 nitrogen and oxygen atoms in total. The molecule has 148 valence electrons. The number of ether oxygens (including phenoxy) is 1. The molecule has 2 heterocycles. The average Bonchev–Trinajstić information content (AvgIpc) is 3.13. The Kier molecular flexibility index (Phi) is 4.92. The van der Waals surface area contributed by atoms with Gasteiger partial charge in [-0.3, -0.25) is 4.79 Å². The minimum absolute atomic E-state index is 0.0453. The van der Waals surface area contributed by atoms with Crippen LogP contribution in [0.15, 0.2) is 51.7 Å². The number of rotatable bonds is 4. The Morgan fingerprint density at radius 2 is 1.90 bits per heavy atom. The summed E-state index contributed by atoms with van der Waals surface area (Å²) in [5.74, 6) is -0.451. The second-order valence-corrected chi connectivity index (χ2v) is 7.30. The number of benzene rings is 2. The Labute approximate surface area is 167 Å². The van der Waals surface area contributed by atoms with Crippen molar-refractivity contribution in [1.82, 2.24) is 0 Å². The summed E-state index contributed by atoms with van der Waals surface area (Å²) in [4.78, 5) is 38.1. The van der Waals surface area contributed by atoms with Gasteiger partial charge in [0.05, 0.1) is 5.56 Å². The van der Waals surface area contributed by atoms with Crippen molar-refractivity contribution in [3.63, 3.8) is 0 Å². The molecule has 1 fully saturated rings. The van der Waals surface area contributed by atoms with Crippen molar-refractivity contribution >= 4 is 28.5 Å². The molecule has 6 heteroatoms. The van der Waals surface area contributed by atoms with Gasteiger partial charge >= 0.3 is 11.6 Å². The topological polar surface area (TPSA) is 76.8 Å². The molecule has 0 radical (unpaired) electrons. The van der Waals surface area contributed by atoms with Crippen LogP contribution in [0, 0.1) is 13.8 Å². The first-order valence-electron chi connectivity index (χ1n) is 9.54. The van der Waals surface area contributed by atoms with E-state index in [0.29, 0.717) is 35.4 Å². The number of hydrogen-bond donors (Lipinski definition) is 0. The molecule has 1 aliphatic heterocycles. The van der Waals surface area contributed by atoms with Crippen LogP contribution in [0.4, 0.5) is 5.69 Å². The highest BCUT2D eigenvalue weighted by atomic mass is 16.5. The first kappa shape index (κ1) is 18.9. The maximum Gasteiger partial charge on any atom is 0.338 e. The fraction of sp³-hybridized carbons (Fsp3) is 0.261. The van der Waals surface area contributed by atoms with Crippen molar-refractivity contribution in [2.24, 2.45) is 0 Å². The van der Waals surface area contributed by atoms with Gasteiger partial charge in [-0.25, -0.2) is 9.59 Å². The van der Waals surface area contributed by atoms with Crippen molar-refractivity contribution in [1.29, 1.82) is 0 Å². The van der Waals surface area contributed by atoms with Gasteiger partial charge in [0.25, 0.3) is 0 Å². The van der Waals surface area contributed by atoms with Gasteiger partial charge < -0.3 is 14.1 Å². The molecule has 0 unspecified atom stereocenters. The third-order valence-electron chi connectivity index (χ3n) is 5.27. The van der Waals surface area contributed by atoms with Crippen LogP contribution < -0.4 is 10.5 Å². The average molecular weight is 391 g/mol. The number of aryl methyl sites for hydroxylation is 2. The smallest absolute Gasteiger partial charge is 0.338 e. The number of anilines is 1. The number of carbonyl (C=O) groups is 2. The first-order valence-corrected chi connectivity index (χ1v) is 9.54. The van der Waals surface area contributed by atoms with E-state index < -0.39 is 11.6 Å². The fourth-order valence-corrected chi connectivity index (χ4v) is 3.55. The van der Waals surface area contributed by atoms with Gasteiger partial charge in [-0.05, 0) is 61.7 Å². The Hall–Kier alpha value is -3.41. The molecular weight excluding hydrogens is 370 g/mol. The normalized spacial score (nSPS) is 13.9. The largest absolute Gasteiger partial charge is 0.457 e. The summed E-state index contributed by atoms with van der Waals surface area (Å²) >= 11 is 0. The summed E-state index contributed by atoms with van der Waals surface area (Å²) in [7, 11) is 0. The molecule has 1 amide bonds. The number of esters is 1. The van der Waals surface area contributed by atoms with Crippen LogP contribution in [0.5, 0.6) is 0 Å². The molecule has 1 aromatic heterocycles. The van der Waals surface area contributed by atoms with Crippen molar-refractivity contribution in [3.8, 4) is 0 Å². The molecule has 4 rings (SSSR count). The van der Waals surface area contributed by atoms with Gasteiger partial charge in [0, 0.05) is 35.7 Å². The van der Waals surface area contributed by atoms with E-state index in [9.17, 15) is 14.4 Å². The Balaban J connectivity index is 1.57. The van der Waals surface area contributed by atoms with Gasteiger partial charge in [-0.2, -0.15) is 0 Å². The summed E-state index contributed by atoms with van der Waals surface area (Å²) in [6.45, 7) is 4.53. The molecule has 1 saturated heterocycles. The van der Waals surface area contributed by atoms with Crippen LogP contribution >= 0.6 is 0 Å². The summed E-state index contributed by atoms with van der Waals surface area (Å²) in [5.41, 5.74) is 3.71. The highest BCUT2D eigenvalue weighted by Gasteiger charge is 2.22. The lowest BCUT2D eigenvalue weighted by Gasteiger charge is -2.16. The van der Waals surface area contributed by atoms with E-state index in [1.165, 1.54) is 6.07 Å². The molecule has 3 aromatic rings. The van der Waals surface area contributed by atoms with E-state index in [1.807, 2.05) is 26.0 Å². The number of carbonyl (C=O) groups excluding carboxylic acids is 2. The lowest BCUT2D eigenvalue weighted by Crippen LogP contribution is -2.23. The Morgan fingerprint density at radius 1 is 1.10 bits per heavy atom. The summed E-state index contributed by atoms with van der Waals surface area (Å²) in [6.07, 6.45) is 1.34. The second kappa shape index (κ2) is 7.54. The number of fused-ring (bicyclic) bond motifs is 1. The van der Waals surface area contributed by atoms with Crippen LogP contribution in [0.25, 0.3) is 11.0 Å². The van der Waals surface area contributed by atoms with Crippen LogP contribution in [0.2, 0.25) is 0 Å². The Morgan fingerprint density at radius 3 is 2.66 bits per heavy atom. The molecule has 0 aliphatic carbocycles. The zero-order chi connectivity index (χ0) is 20.5. The van der Waals surface area contributed by atoms with Crippen LogP contribution in [0.1, 0.15) is 39.9 Å². The lowest BCUT2D eigenvalue weighted by molar-refractivity contribution is -0.117. The molecule has 0 atom stereocenters. The predicted molar refractivity (Wildman–Crippen MR) is 109 cm³/mol. The van der Waals surface area contributed by atoms with Crippen molar-refractivity contribution in [3.05, 3.63) is 75.1 Å². The first-order chi connectivity index (χ1) is 13.9. The van der Waals surface area contributed by atoms with Crippen molar-refractivity contribution in [2.45, 2.75) is 33.3 Å².